The zero-order chi connectivity index (χ0) is 24.7. The first-order chi connectivity index (χ1) is 16.3. The molecule has 6 nitrogen and oxygen atoms in total. The number of carbonyl (C=O) groups excluding carboxylic acids is 2. The topological polar surface area (TPSA) is 87.8 Å². The number of benzene rings is 2. The van der Waals surface area contributed by atoms with Gasteiger partial charge in [0.1, 0.15) is 11.9 Å². The lowest BCUT2D eigenvalue weighted by molar-refractivity contribution is -0.131. The van der Waals surface area contributed by atoms with Crippen LogP contribution in [-0.4, -0.2) is 42.1 Å². The molecule has 180 valence electrons. The van der Waals surface area contributed by atoms with Crippen LogP contribution in [0.15, 0.2) is 65.2 Å². The van der Waals surface area contributed by atoms with Crippen molar-refractivity contribution in [3.05, 3.63) is 71.3 Å². The molecule has 2 aromatic rings. The SMILES string of the molecule is C/C=N\C(=C(/C)F)N1CCCC(C(=O)NC(Cc2ccc(-c3ccccc3C)cc2)C(N)=O)C1. The summed E-state index contributed by atoms with van der Waals surface area (Å²) < 4.78 is 13.9. The first-order valence-electron chi connectivity index (χ1n) is 11.6. The normalized spacial score (nSPS) is 17.9. The van der Waals surface area contributed by atoms with E-state index in [4.69, 9.17) is 5.73 Å². The van der Waals surface area contributed by atoms with E-state index >= 15 is 0 Å². The number of carbonyl (C=O) groups is 2. The molecule has 1 fully saturated rings. The summed E-state index contributed by atoms with van der Waals surface area (Å²) in [6, 6.07) is 15.3. The van der Waals surface area contributed by atoms with E-state index in [1.54, 1.807) is 11.8 Å². The number of aliphatic imine (C=N–C) groups is 1. The van der Waals surface area contributed by atoms with Crippen LogP contribution in [-0.2, 0) is 16.0 Å². The molecule has 3 rings (SSSR count). The maximum absolute atomic E-state index is 13.9. The third-order valence-electron chi connectivity index (χ3n) is 6.16. The Labute approximate surface area is 200 Å². The van der Waals surface area contributed by atoms with Crippen LogP contribution < -0.4 is 11.1 Å². The third-order valence-corrected chi connectivity index (χ3v) is 6.16. The molecule has 2 atom stereocenters. The lowest BCUT2D eigenvalue weighted by Gasteiger charge is -2.34. The van der Waals surface area contributed by atoms with E-state index in [9.17, 15) is 14.0 Å². The highest BCUT2D eigenvalue weighted by atomic mass is 19.1. The van der Waals surface area contributed by atoms with Crippen molar-refractivity contribution in [1.82, 2.24) is 10.2 Å². The van der Waals surface area contributed by atoms with Gasteiger partial charge in [0.15, 0.2) is 5.82 Å². The van der Waals surface area contributed by atoms with Crippen LogP contribution in [0.25, 0.3) is 11.1 Å². The molecule has 1 heterocycles. The molecule has 2 aromatic carbocycles. The van der Waals surface area contributed by atoms with Crippen LogP contribution in [0.1, 0.15) is 37.8 Å². The summed E-state index contributed by atoms with van der Waals surface area (Å²) in [4.78, 5) is 31.0. The molecule has 0 radical (unpaired) electrons. The van der Waals surface area contributed by atoms with Gasteiger partial charge in [-0.05, 0) is 55.9 Å². The summed E-state index contributed by atoms with van der Waals surface area (Å²) in [6.07, 6.45) is 3.24. The second-order valence-electron chi connectivity index (χ2n) is 8.71. The molecule has 0 aromatic heterocycles. The smallest absolute Gasteiger partial charge is 0.240 e. The van der Waals surface area contributed by atoms with Crippen molar-refractivity contribution >= 4 is 18.0 Å². The fraction of sp³-hybridized carbons (Fsp3) is 0.370. The van der Waals surface area contributed by atoms with E-state index in [-0.39, 0.29) is 23.5 Å². The van der Waals surface area contributed by atoms with Crippen LogP contribution in [0.4, 0.5) is 4.39 Å². The molecule has 0 bridgehead atoms. The minimum Gasteiger partial charge on any atom is -0.368 e. The Kier molecular flexibility index (Phi) is 8.57. The number of nitrogens with zero attached hydrogens (tertiary/aromatic N) is 2. The number of nitrogens with one attached hydrogen (secondary N) is 1. The van der Waals surface area contributed by atoms with Crippen LogP contribution >= 0.6 is 0 Å². The van der Waals surface area contributed by atoms with E-state index in [2.05, 4.69) is 29.4 Å². The number of likely N-dealkylation sites (tertiary alicyclic amines) is 1. The van der Waals surface area contributed by atoms with Crippen molar-refractivity contribution in [2.75, 3.05) is 13.1 Å². The highest BCUT2D eigenvalue weighted by Gasteiger charge is 2.30. The van der Waals surface area contributed by atoms with E-state index in [0.717, 1.165) is 23.1 Å². The first-order valence-corrected chi connectivity index (χ1v) is 11.6. The molecule has 3 N–H and O–H groups in total. The van der Waals surface area contributed by atoms with Crippen molar-refractivity contribution in [2.24, 2.45) is 16.6 Å². The standard InChI is InChI=1S/C27H33FN4O2/c1-4-30-26(19(3)28)32-15-7-9-22(17-32)27(34)31-24(25(29)33)16-20-11-13-21(14-12-20)23-10-6-5-8-18(23)2/h4-6,8,10-14,22,24H,7,9,15-17H2,1-3H3,(H2,29,33)(H,31,34)/b26-19-,30-4-. The van der Waals surface area contributed by atoms with Gasteiger partial charge in [0, 0.05) is 25.7 Å². The van der Waals surface area contributed by atoms with Crippen LogP contribution in [0, 0.1) is 12.8 Å². The minimum absolute atomic E-state index is 0.249. The quantitative estimate of drug-likeness (QED) is 0.576. The Hall–Kier alpha value is -3.48. The Balaban J connectivity index is 1.67. The van der Waals surface area contributed by atoms with Crippen LogP contribution in [0.3, 0.4) is 0 Å². The Morgan fingerprint density at radius 1 is 1.24 bits per heavy atom. The summed E-state index contributed by atoms with van der Waals surface area (Å²) in [6.45, 7) is 6.12. The zero-order valence-electron chi connectivity index (χ0n) is 20.1. The molecule has 7 heteroatoms. The van der Waals surface area contributed by atoms with E-state index < -0.39 is 11.9 Å². The van der Waals surface area contributed by atoms with Gasteiger partial charge in [-0.15, -0.1) is 0 Å². The molecule has 0 saturated carbocycles. The number of hydrogen-bond acceptors (Lipinski definition) is 4. The van der Waals surface area contributed by atoms with Gasteiger partial charge < -0.3 is 16.0 Å². The van der Waals surface area contributed by atoms with Crippen LogP contribution in [0.5, 0.6) is 0 Å². The number of amides is 2. The van der Waals surface area contributed by atoms with Gasteiger partial charge in [-0.1, -0.05) is 48.5 Å². The Bertz CT molecular complexity index is 1070. The number of aryl methyl sites for hydroxylation is 1. The lowest BCUT2D eigenvalue weighted by atomic mass is 9.95. The van der Waals surface area contributed by atoms with E-state index in [1.807, 2.05) is 36.4 Å². The number of allylic oxidation sites excluding steroid dienone is 1. The molecule has 2 unspecified atom stereocenters. The third kappa shape index (κ3) is 6.31. The Morgan fingerprint density at radius 2 is 1.94 bits per heavy atom. The van der Waals surface area contributed by atoms with E-state index in [1.165, 1.54) is 18.7 Å². The van der Waals surface area contributed by atoms with Gasteiger partial charge in [0.2, 0.25) is 11.8 Å². The van der Waals surface area contributed by atoms with Crippen molar-refractivity contribution < 1.29 is 14.0 Å². The molecule has 0 aliphatic carbocycles. The zero-order valence-corrected chi connectivity index (χ0v) is 20.1. The molecule has 2 amide bonds. The van der Waals surface area contributed by atoms with Crippen molar-refractivity contribution in [3.8, 4) is 11.1 Å². The van der Waals surface area contributed by atoms with Crippen LogP contribution in [0.2, 0.25) is 0 Å². The van der Waals surface area contributed by atoms with Gasteiger partial charge in [0.05, 0.1) is 5.92 Å². The predicted octanol–water partition coefficient (Wildman–Crippen LogP) is 4.14. The average Bonchev–Trinajstić information content (AvgIpc) is 2.82. The average molecular weight is 465 g/mol. The number of primary amides is 1. The summed E-state index contributed by atoms with van der Waals surface area (Å²) in [5, 5.41) is 2.82. The molecule has 1 aliphatic heterocycles. The molecule has 1 aliphatic rings. The van der Waals surface area contributed by atoms with Crippen molar-refractivity contribution in [3.63, 3.8) is 0 Å². The van der Waals surface area contributed by atoms with Gasteiger partial charge in [-0.2, -0.15) is 0 Å². The summed E-state index contributed by atoms with van der Waals surface area (Å²) >= 11 is 0. The highest BCUT2D eigenvalue weighted by Crippen LogP contribution is 2.25. The van der Waals surface area contributed by atoms with Crippen molar-refractivity contribution in [2.45, 2.75) is 46.1 Å². The molecule has 34 heavy (non-hydrogen) atoms. The van der Waals surface area contributed by atoms with E-state index in [0.29, 0.717) is 25.9 Å². The lowest BCUT2D eigenvalue weighted by Crippen LogP contribution is -2.50. The molecule has 0 spiro atoms. The molecular weight excluding hydrogens is 431 g/mol. The summed E-state index contributed by atoms with van der Waals surface area (Å²) in [5.74, 6) is -1.34. The fourth-order valence-corrected chi connectivity index (χ4v) is 4.36. The number of piperidine rings is 1. The van der Waals surface area contributed by atoms with Gasteiger partial charge >= 0.3 is 0 Å². The van der Waals surface area contributed by atoms with Gasteiger partial charge in [-0.25, -0.2) is 9.38 Å². The maximum atomic E-state index is 13.9. The monoisotopic (exact) mass is 464 g/mol. The number of hydrogen-bond donors (Lipinski definition) is 2. The minimum atomic E-state index is -0.821. The molecular formula is C27H33FN4O2. The van der Waals surface area contributed by atoms with Gasteiger partial charge in [0.25, 0.3) is 0 Å². The maximum Gasteiger partial charge on any atom is 0.240 e. The second-order valence-corrected chi connectivity index (χ2v) is 8.71. The highest BCUT2D eigenvalue weighted by molar-refractivity contribution is 5.88. The van der Waals surface area contributed by atoms with Gasteiger partial charge in [-0.3, -0.25) is 9.59 Å². The fourth-order valence-electron chi connectivity index (χ4n) is 4.36. The number of nitrogens with two attached hydrogens (primary N) is 1. The summed E-state index contributed by atoms with van der Waals surface area (Å²) in [7, 11) is 0. The number of rotatable bonds is 8. The van der Waals surface area contributed by atoms with Crippen molar-refractivity contribution in [1.29, 1.82) is 0 Å². The molecule has 1 saturated heterocycles. The largest absolute Gasteiger partial charge is 0.368 e. The first kappa shape index (κ1) is 25.1. The summed E-state index contributed by atoms with van der Waals surface area (Å²) in [5.41, 5.74) is 9.95. The number of halogens is 1. The Morgan fingerprint density at radius 3 is 2.56 bits per heavy atom. The predicted molar refractivity (Wildman–Crippen MR) is 134 cm³/mol. The second kappa shape index (κ2) is 11.6.